The number of nitrogens with two attached hydrogens (primary N) is 1. The third kappa shape index (κ3) is 4.09. The van der Waals surface area contributed by atoms with Crippen molar-refractivity contribution in [2.24, 2.45) is 0 Å². The molecule has 0 fully saturated rings. The van der Waals surface area contributed by atoms with Crippen LogP contribution in [0, 0.1) is 5.82 Å². The van der Waals surface area contributed by atoms with Gasteiger partial charge < -0.3 is 10.5 Å². The number of ether oxygens (including phenoxy) is 1. The van der Waals surface area contributed by atoms with E-state index < -0.39 is 0 Å². The van der Waals surface area contributed by atoms with Crippen LogP contribution in [-0.4, -0.2) is 33.5 Å². The summed E-state index contributed by atoms with van der Waals surface area (Å²) in [4.78, 5) is 6.07. The molecule has 0 aliphatic heterocycles. The first-order valence-electron chi connectivity index (χ1n) is 8.70. The summed E-state index contributed by atoms with van der Waals surface area (Å²) in [6.45, 7) is 1.07. The Morgan fingerprint density at radius 3 is 2.93 bits per heavy atom. The summed E-state index contributed by atoms with van der Waals surface area (Å²) in [5.74, 6) is 0.853. The van der Waals surface area contributed by atoms with Gasteiger partial charge in [0.1, 0.15) is 10.6 Å². The molecule has 4 aromatic rings. The highest BCUT2D eigenvalue weighted by Gasteiger charge is 2.20. The van der Waals surface area contributed by atoms with Gasteiger partial charge in [-0.05, 0) is 29.8 Å². The number of nitrogen functional groups attached to an aromatic ring is 1. The number of thiophene rings is 1. The van der Waals surface area contributed by atoms with Crippen LogP contribution < -0.4 is 5.73 Å². The predicted molar refractivity (Wildman–Crippen MR) is 116 cm³/mol. The van der Waals surface area contributed by atoms with Gasteiger partial charge in [-0.1, -0.05) is 29.4 Å². The first-order chi connectivity index (χ1) is 14.1. The molecule has 0 aliphatic carbocycles. The molecule has 0 saturated heterocycles. The molecule has 0 aliphatic rings. The van der Waals surface area contributed by atoms with Crippen molar-refractivity contribution < 1.29 is 9.13 Å². The molecular formula is C19H17ClFN5OS2. The number of aromatic nitrogens is 4. The maximum Gasteiger partial charge on any atom is 0.191 e. The van der Waals surface area contributed by atoms with Crippen molar-refractivity contribution in [3.05, 3.63) is 52.9 Å². The van der Waals surface area contributed by atoms with Crippen LogP contribution in [-0.2, 0) is 17.0 Å². The molecule has 3 aromatic heterocycles. The molecule has 0 radical (unpaired) electrons. The summed E-state index contributed by atoms with van der Waals surface area (Å²) >= 11 is 9.11. The Hall–Kier alpha value is -2.20. The Labute approximate surface area is 179 Å². The van der Waals surface area contributed by atoms with Crippen molar-refractivity contribution in [2.45, 2.75) is 17.5 Å². The monoisotopic (exact) mass is 449 g/mol. The Balaban J connectivity index is 1.68. The van der Waals surface area contributed by atoms with Gasteiger partial charge in [-0.25, -0.2) is 9.37 Å². The first-order valence-corrected chi connectivity index (χ1v) is 10.9. The fraction of sp³-hybridized carbons (Fsp3) is 0.211. The Morgan fingerprint density at radius 2 is 2.17 bits per heavy atom. The van der Waals surface area contributed by atoms with E-state index in [9.17, 15) is 4.39 Å². The fourth-order valence-electron chi connectivity index (χ4n) is 2.85. The van der Waals surface area contributed by atoms with Crippen molar-refractivity contribution in [3.8, 4) is 10.7 Å². The summed E-state index contributed by atoms with van der Waals surface area (Å²) in [5.41, 5.74) is 7.84. The standard InChI is InChI=1S/C19H17ClFN5OS2/c1-27-8-7-26-17(16-15(22)13-3-2-6-23-18(13)29-16)24-25-19(26)28-10-11-4-5-12(21)9-14(11)20/h2-6,9H,7-8,10,22H2,1H3. The molecular weight excluding hydrogens is 433 g/mol. The van der Waals surface area contributed by atoms with E-state index in [-0.39, 0.29) is 5.82 Å². The van der Waals surface area contributed by atoms with Gasteiger partial charge >= 0.3 is 0 Å². The number of benzene rings is 1. The summed E-state index contributed by atoms with van der Waals surface area (Å²) in [5, 5.41) is 10.7. The zero-order valence-corrected chi connectivity index (χ0v) is 17.8. The van der Waals surface area contributed by atoms with Crippen LogP contribution >= 0.6 is 34.7 Å². The number of hydrogen-bond donors (Lipinski definition) is 1. The van der Waals surface area contributed by atoms with Gasteiger partial charge in [0.25, 0.3) is 0 Å². The largest absolute Gasteiger partial charge is 0.397 e. The number of fused-ring (bicyclic) bond motifs is 1. The van der Waals surface area contributed by atoms with E-state index in [2.05, 4.69) is 15.2 Å². The lowest BCUT2D eigenvalue weighted by atomic mass is 10.2. The van der Waals surface area contributed by atoms with E-state index in [1.54, 1.807) is 19.4 Å². The van der Waals surface area contributed by atoms with Gasteiger partial charge in [0, 0.05) is 29.5 Å². The maximum atomic E-state index is 13.3. The van der Waals surface area contributed by atoms with Crippen LogP contribution in [0.4, 0.5) is 10.1 Å². The Bertz CT molecular complexity index is 1160. The summed E-state index contributed by atoms with van der Waals surface area (Å²) in [6, 6.07) is 8.19. The maximum absolute atomic E-state index is 13.3. The smallest absolute Gasteiger partial charge is 0.191 e. The van der Waals surface area contributed by atoms with Crippen molar-refractivity contribution >= 4 is 50.6 Å². The molecule has 0 amide bonds. The van der Waals surface area contributed by atoms with Crippen LogP contribution in [0.25, 0.3) is 20.9 Å². The quantitative estimate of drug-likeness (QED) is 0.405. The minimum atomic E-state index is -0.358. The second-order valence-electron chi connectivity index (χ2n) is 6.18. The van der Waals surface area contributed by atoms with Crippen LogP contribution in [0.3, 0.4) is 0 Å². The Morgan fingerprint density at radius 1 is 1.31 bits per heavy atom. The number of thioether (sulfide) groups is 1. The molecule has 0 unspecified atom stereocenters. The SMILES string of the molecule is COCCn1c(SCc2ccc(F)cc2Cl)nnc1-c1sc2ncccc2c1N. The van der Waals surface area contributed by atoms with Crippen LogP contribution in [0.1, 0.15) is 5.56 Å². The van der Waals surface area contributed by atoms with Gasteiger partial charge in [0.15, 0.2) is 11.0 Å². The van der Waals surface area contributed by atoms with Crippen molar-refractivity contribution in [1.82, 2.24) is 19.7 Å². The molecule has 0 bridgehead atoms. The van der Waals surface area contributed by atoms with E-state index in [0.717, 1.165) is 20.7 Å². The molecule has 3 heterocycles. The van der Waals surface area contributed by atoms with Crippen molar-refractivity contribution in [2.75, 3.05) is 19.5 Å². The number of halogens is 2. The van der Waals surface area contributed by atoms with E-state index >= 15 is 0 Å². The normalized spacial score (nSPS) is 11.4. The molecule has 2 N–H and O–H groups in total. The topological polar surface area (TPSA) is 78.8 Å². The van der Waals surface area contributed by atoms with Crippen LogP contribution in [0.5, 0.6) is 0 Å². The number of rotatable bonds is 7. The number of methoxy groups -OCH3 is 1. The zero-order valence-electron chi connectivity index (χ0n) is 15.4. The van der Waals surface area contributed by atoms with Gasteiger partial charge in [0.05, 0.1) is 23.7 Å². The van der Waals surface area contributed by atoms with Gasteiger partial charge in [-0.2, -0.15) is 0 Å². The van der Waals surface area contributed by atoms with Crippen molar-refractivity contribution in [1.29, 1.82) is 0 Å². The molecule has 29 heavy (non-hydrogen) atoms. The fourth-order valence-corrected chi connectivity index (χ4v) is 5.18. The minimum Gasteiger partial charge on any atom is -0.397 e. The van der Waals surface area contributed by atoms with Gasteiger partial charge in [-0.15, -0.1) is 21.5 Å². The number of nitrogens with zero attached hydrogens (tertiary/aromatic N) is 4. The summed E-state index contributed by atoms with van der Waals surface area (Å²) < 4.78 is 20.5. The Kier molecular flexibility index (Phi) is 6.00. The highest BCUT2D eigenvalue weighted by atomic mass is 35.5. The minimum absolute atomic E-state index is 0.358. The average Bonchev–Trinajstić information content (AvgIpc) is 3.26. The molecule has 10 heteroatoms. The molecule has 1 aromatic carbocycles. The van der Waals surface area contributed by atoms with Crippen LogP contribution in [0.15, 0.2) is 41.7 Å². The van der Waals surface area contributed by atoms with Gasteiger partial charge in [-0.3, -0.25) is 4.57 Å². The number of pyridine rings is 1. The third-order valence-corrected chi connectivity index (χ3v) is 6.81. The predicted octanol–water partition coefficient (Wildman–Crippen LogP) is 4.87. The lowest BCUT2D eigenvalue weighted by Gasteiger charge is -2.10. The number of hydrogen-bond acceptors (Lipinski definition) is 7. The third-order valence-electron chi connectivity index (χ3n) is 4.32. The lowest BCUT2D eigenvalue weighted by Crippen LogP contribution is -2.07. The molecule has 0 atom stereocenters. The van der Waals surface area contributed by atoms with E-state index in [4.69, 9.17) is 22.1 Å². The highest BCUT2D eigenvalue weighted by molar-refractivity contribution is 7.98. The van der Waals surface area contributed by atoms with Crippen LogP contribution in [0.2, 0.25) is 5.02 Å². The van der Waals surface area contributed by atoms with Crippen molar-refractivity contribution in [3.63, 3.8) is 0 Å². The highest BCUT2D eigenvalue weighted by Crippen LogP contribution is 2.40. The molecule has 6 nitrogen and oxygen atoms in total. The summed E-state index contributed by atoms with van der Waals surface area (Å²) in [7, 11) is 1.65. The summed E-state index contributed by atoms with van der Waals surface area (Å²) in [6.07, 6.45) is 1.74. The second-order valence-corrected chi connectivity index (χ2v) is 8.52. The molecule has 150 valence electrons. The average molecular weight is 450 g/mol. The van der Waals surface area contributed by atoms with E-state index in [0.29, 0.717) is 40.6 Å². The van der Waals surface area contributed by atoms with E-state index in [1.165, 1.54) is 35.2 Å². The lowest BCUT2D eigenvalue weighted by molar-refractivity contribution is 0.185. The molecule has 4 rings (SSSR count). The van der Waals surface area contributed by atoms with Gasteiger partial charge in [0.2, 0.25) is 0 Å². The number of anilines is 1. The first kappa shape index (κ1) is 20.1. The zero-order chi connectivity index (χ0) is 20.4. The molecule has 0 saturated carbocycles. The second kappa shape index (κ2) is 8.66. The molecule has 0 spiro atoms. The van der Waals surface area contributed by atoms with E-state index in [1.807, 2.05) is 16.7 Å².